The molecule has 2 aromatic rings. The average molecular weight is 317 g/mol. The summed E-state index contributed by atoms with van der Waals surface area (Å²) >= 11 is 5.94. The van der Waals surface area contributed by atoms with Gasteiger partial charge in [-0.05, 0) is 43.5 Å². The molecule has 5 heteroatoms. The molecule has 22 heavy (non-hydrogen) atoms. The van der Waals surface area contributed by atoms with Gasteiger partial charge in [-0.15, -0.1) is 0 Å². The highest BCUT2D eigenvalue weighted by Gasteiger charge is 2.29. The van der Waals surface area contributed by atoms with E-state index in [9.17, 15) is 0 Å². The molecule has 0 aromatic carbocycles. The van der Waals surface area contributed by atoms with Gasteiger partial charge in [-0.2, -0.15) is 0 Å². The summed E-state index contributed by atoms with van der Waals surface area (Å²) in [6.07, 6.45) is 7.71. The van der Waals surface area contributed by atoms with Crippen LogP contribution in [0.5, 0.6) is 0 Å². The molecule has 0 unspecified atom stereocenters. The summed E-state index contributed by atoms with van der Waals surface area (Å²) in [6, 6.07) is 9.55. The van der Waals surface area contributed by atoms with Crippen LogP contribution in [0.4, 0.5) is 0 Å². The number of pyridine rings is 1. The zero-order valence-electron chi connectivity index (χ0n) is 12.6. The first kappa shape index (κ1) is 14.2. The van der Waals surface area contributed by atoms with Gasteiger partial charge in [0, 0.05) is 49.8 Å². The second kappa shape index (κ2) is 6.03. The summed E-state index contributed by atoms with van der Waals surface area (Å²) in [5.41, 5.74) is 1.28. The largest absolute Gasteiger partial charge is 0.310 e. The van der Waals surface area contributed by atoms with Crippen LogP contribution in [0.1, 0.15) is 25.0 Å². The summed E-state index contributed by atoms with van der Waals surface area (Å²) in [4.78, 5) is 7.00. The number of nitrogens with one attached hydrogen (secondary N) is 1. The Balaban J connectivity index is 1.51. The van der Waals surface area contributed by atoms with Gasteiger partial charge in [0.2, 0.25) is 0 Å². The number of hydrogen-bond donors (Lipinski definition) is 1. The second-order valence-corrected chi connectivity index (χ2v) is 6.80. The Hall–Kier alpha value is -1.36. The zero-order chi connectivity index (χ0) is 14.9. The molecule has 0 saturated carbocycles. The highest BCUT2D eigenvalue weighted by atomic mass is 35.5. The third-order valence-corrected chi connectivity index (χ3v) is 5.01. The molecule has 2 aliphatic rings. The van der Waals surface area contributed by atoms with Crippen LogP contribution in [0.15, 0.2) is 36.7 Å². The van der Waals surface area contributed by atoms with Crippen molar-refractivity contribution in [2.24, 2.45) is 0 Å². The Morgan fingerprint density at radius 2 is 2.09 bits per heavy atom. The van der Waals surface area contributed by atoms with Gasteiger partial charge in [0.15, 0.2) is 0 Å². The molecule has 2 atom stereocenters. The number of nitrogens with zero attached hydrogens (tertiary/aromatic N) is 3. The van der Waals surface area contributed by atoms with E-state index in [1.807, 2.05) is 12.1 Å². The molecule has 4 nitrogen and oxygen atoms in total. The Bertz CT molecular complexity index is 636. The average Bonchev–Trinajstić information content (AvgIpc) is 3.09. The van der Waals surface area contributed by atoms with E-state index >= 15 is 0 Å². The smallest absolute Gasteiger partial charge is 0.136 e. The number of fused-ring (bicyclic) bond motifs is 2. The first-order chi connectivity index (χ1) is 10.8. The number of hydrogen-bond acceptors (Lipinski definition) is 3. The topological polar surface area (TPSA) is 33.1 Å². The monoisotopic (exact) mass is 316 g/mol. The maximum absolute atomic E-state index is 5.94. The van der Waals surface area contributed by atoms with E-state index < -0.39 is 0 Å². The first-order valence-electron chi connectivity index (χ1n) is 8.04. The lowest BCUT2D eigenvalue weighted by molar-refractivity contribution is 0.247. The molecular weight excluding hydrogens is 296 g/mol. The summed E-state index contributed by atoms with van der Waals surface area (Å²) in [5, 5.41) is 4.41. The second-order valence-electron chi connectivity index (χ2n) is 6.37. The van der Waals surface area contributed by atoms with Gasteiger partial charge in [0.1, 0.15) is 5.82 Å². The Labute approximate surface area is 136 Å². The van der Waals surface area contributed by atoms with Gasteiger partial charge in [-0.25, -0.2) is 4.98 Å². The minimum absolute atomic E-state index is 0.671. The van der Waals surface area contributed by atoms with Crippen LogP contribution >= 0.6 is 11.6 Å². The predicted molar refractivity (Wildman–Crippen MR) is 88.4 cm³/mol. The minimum atomic E-state index is 0.671. The van der Waals surface area contributed by atoms with Crippen LogP contribution < -0.4 is 5.32 Å². The van der Waals surface area contributed by atoms with E-state index in [4.69, 9.17) is 11.6 Å². The van der Waals surface area contributed by atoms with Gasteiger partial charge in [0.25, 0.3) is 0 Å². The van der Waals surface area contributed by atoms with Gasteiger partial charge in [0.05, 0.1) is 5.02 Å². The molecule has 0 aliphatic carbocycles. The first-order valence-corrected chi connectivity index (χ1v) is 8.42. The van der Waals surface area contributed by atoms with E-state index in [1.165, 1.54) is 31.5 Å². The number of aromatic nitrogens is 2. The molecule has 1 N–H and O–H groups in total. The predicted octanol–water partition coefficient (Wildman–Crippen LogP) is 2.85. The van der Waals surface area contributed by atoms with E-state index in [1.54, 1.807) is 6.20 Å². The third-order valence-electron chi connectivity index (χ3n) is 4.78. The molecule has 2 saturated heterocycles. The zero-order valence-corrected chi connectivity index (χ0v) is 13.3. The number of halogens is 1. The van der Waals surface area contributed by atoms with E-state index in [-0.39, 0.29) is 0 Å². The Kier molecular flexibility index (Phi) is 3.90. The highest BCUT2D eigenvalue weighted by Crippen LogP contribution is 2.22. The Morgan fingerprint density at radius 3 is 2.95 bits per heavy atom. The molecule has 4 rings (SSSR count). The fourth-order valence-electron chi connectivity index (χ4n) is 3.67. The van der Waals surface area contributed by atoms with E-state index in [0.717, 1.165) is 24.9 Å². The maximum atomic E-state index is 5.94. The van der Waals surface area contributed by atoms with Gasteiger partial charge < -0.3 is 9.88 Å². The van der Waals surface area contributed by atoms with Crippen LogP contribution in [0.3, 0.4) is 0 Å². The van der Waals surface area contributed by atoms with Crippen molar-refractivity contribution >= 4 is 11.6 Å². The van der Waals surface area contributed by atoms with Crippen LogP contribution in [0.2, 0.25) is 5.02 Å². The lowest BCUT2D eigenvalue weighted by Gasteiger charge is -2.24. The summed E-state index contributed by atoms with van der Waals surface area (Å²) in [7, 11) is 0. The minimum Gasteiger partial charge on any atom is -0.310 e. The molecule has 4 heterocycles. The van der Waals surface area contributed by atoms with Crippen LogP contribution in [0.25, 0.3) is 5.82 Å². The molecule has 116 valence electrons. The Morgan fingerprint density at radius 1 is 1.18 bits per heavy atom. The summed E-state index contributed by atoms with van der Waals surface area (Å²) in [6.45, 7) is 3.30. The standard InChI is InChI=1S/C17H21ClN4/c18-13-3-6-17(19-10-13)22-8-1-2-16(22)12-21-9-7-14-4-5-15(11-21)20-14/h1-3,6,8,10,14-15,20H,4-5,7,9,11-12H2/t14-,15+/m1/s1. The third kappa shape index (κ3) is 2.91. The molecule has 2 aromatic heterocycles. The fourth-order valence-corrected chi connectivity index (χ4v) is 3.78. The molecule has 2 bridgehead atoms. The normalized spacial score (nSPS) is 25.3. The lowest BCUT2D eigenvalue weighted by Crippen LogP contribution is -2.35. The summed E-state index contributed by atoms with van der Waals surface area (Å²) in [5.74, 6) is 0.930. The van der Waals surface area contributed by atoms with Crippen molar-refractivity contribution < 1.29 is 0 Å². The van der Waals surface area contributed by atoms with Crippen LogP contribution in [-0.2, 0) is 6.54 Å². The van der Waals surface area contributed by atoms with Crippen molar-refractivity contribution in [3.8, 4) is 5.82 Å². The molecule has 2 fully saturated rings. The molecule has 0 spiro atoms. The van der Waals surface area contributed by atoms with Crippen LogP contribution in [-0.4, -0.2) is 39.6 Å². The SMILES string of the molecule is Clc1ccc(-n2cccc2CN2CC[C@H]3CC[C@@H](C2)N3)nc1. The van der Waals surface area contributed by atoms with Crippen molar-refractivity contribution in [2.75, 3.05) is 13.1 Å². The number of rotatable bonds is 3. The van der Waals surface area contributed by atoms with E-state index in [2.05, 4.69) is 38.1 Å². The van der Waals surface area contributed by atoms with Crippen molar-refractivity contribution in [3.63, 3.8) is 0 Å². The van der Waals surface area contributed by atoms with Crippen molar-refractivity contribution in [2.45, 2.75) is 37.9 Å². The molecule has 0 radical (unpaired) electrons. The highest BCUT2D eigenvalue weighted by molar-refractivity contribution is 6.30. The molecule has 0 amide bonds. The fraction of sp³-hybridized carbons (Fsp3) is 0.471. The summed E-state index contributed by atoms with van der Waals surface area (Å²) < 4.78 is 2.16. The van der Waals surface area contributed by atoms with Gasteiger partial charge >= 0.3 is 0 Å². The molecular formula is C17H21ClN4. The van der Waals surface area contributed by atoms with Crippen molar-refractivity contribution in [3.05, 3.63) is 47.4 Å². The molecule has 2 aliphatic heterocycles. The lowest BCUT2D eigenvalue weighted by atomic mass is 10.1. The van der Waals surface area contributed by atoms with Crippen LogP contribution in [0, 0.1) is 0 Å². The van der Waals surface area contributed by atoms with Crippen molar-refractivity contribution in [1.29, 1.82) is 0 Å². The maximum Gasteiger partial charge on any atom is 0.136 e. The van der Waals surface area contributed by atoms with E-state index in [0.29, 0.717) is 11.1 Å². The van der Waals surface area contributed by atoms with Crippen molar-refractivity contribution in [1.82, 2.24) is 19.8 Å². The van der Waals surface area contributed by atoms with Gasteiger partial charge in [-0.3, -0.25) is 4.90 Å². The number of likely N-dealkylation sites (tertiary alicyclic amines) is 1. The quantitative estimate of drug-likeness (QED) is 0.945. The van der Waals surface area contributed by atoms with Gasteiger partial charge in [-0.1, -0.05) is 11.6 Å².